The molecule has 3 aromatic carbocycles. The van der Waals surface area contributed by atoms with Gasteiger partial charge in [0, 0.05) is 76.9 Å². The van der Waals surface area contributed by atoms with Crippen LogP contribution in [-0.2, 0) is 16.1 Å². The number of nitrogens with two attached hydrogens (primary N) is 1. The number of hydrogen-bond donors (Lipinski definition) is 1. The highest BCUT2D eigenvalue weighted by molar-refractivity contribution is 6.09. The summed E-state index contributed by atoms with van der Waals surface area (Å²) in [5.41, 5.74) is 9.25. The predicted octanol–water partition coefficient (Wildman–Crippen LogP) is 4.43. The average molecular weight is 629 g/mol. The van der Waals surface area contributed by atoms with Gasteiger partial charge in [-0.3, -0.25) is 19.5 Å². The number of anilines is 2. The van der Waals surface area contributed by atoms with E-state index in [2.05, 4.69) is 65.2 Å². The van der Waals surface area contributed by atoms with Gasteiger partial charge in [0.15, 0.2) is 0 Å². The standard InChI is InChI=1S/C34H42N6O4.C2H6/c1-36(2)29-10-9-27(25-6-4-5-7-26(25)29)30-19-24-21-38(20-23-8-11-31(43-3)28(35)18-23)22-34(24)32(41)39(33(42)40(30)34)13-12-37-14-16-44-17-15-37;1-2/h4-11,18,24,30H,12-17,19-22,35H2,1-3H3;1-2H3/t24-,30?,34+;/m1./s1. The lowest BCUT2D eigenvalue weighted by Gasteiger charge is -2.32. The van der Waals surface area contributed by atoms with E-state index in [4.69, 9.17) is 15.2 Å². The number of rotatable bonds is 8. The summed E-state index contributed by atoms with van der Waals surface area (Å²) in [6, 6.07) is 18.3. The highest BCUT2D eigenvalue weighted by Gasteiger charge is 2.70. The molecule has 0 radical (unpaired) electrons. The summed E-state index contributed by atoms with van der Waals surface area (Å²) >= 11 is 0. The van der Waals surface area contributed by atoms with E-state index in [9.17, 15) is 9.59 Å². The molecule has 46 heavy (non-hydrogen) atoms. The van der Waals surface area contributed by atoms with Gasteiger partial charge in [-0.15, -0.1) is 0 Å². The SMILES string of the molecule is CC.COc1ccc(CN2C[C@H]3CC(c4ccc(N(C)C)c5ccccc45)N4C(=O)N(CCN5CCOCC5)C(=O)[C@]34C2)cc1N. The lowest BCUT2D eigenvalue weighted by Crippen LogP contribution is -2.51. The van der Waals surface area contributed by atoms with Crippen LogP contribution in [-0.4, -0.2) is 111 Å². The van der Waals surface area contributed by atoms with E-state index in [1.807, 2.05) is 36.9 Å². The number of likely N-dealkylation sites (tertiary alicyclic amines) is 1. The number of amides is 3. The molecular weight excluding hydrogens is 580 g/mol. The molecule has 4 aliphatic rings. The van der Waals surface area contributed by atoms with Crippen LogP contribution in [0.5, 0.6) is 5.75 Å². The maximum absolute atomic E-state index is 14.5. The van der Waals surface area contributed by atoms with Crippen LogP contribution in [0.3, 0.4) is 0 Å². The molecule has 246 valence electrons. The number of benzene rings is 3. The zero-order chi connectivity index (χ0) is 32.6. The van der Waals surface area contributed by atoms with E-state index in [0.717, 1.165) is 53.6 Å². The molecule has 0 aliphatic carbocycles. The Morgan fingerprint density at radius 3 is 2.41 bits per heavy atom. The molecule has 0 bridgehead atoms. The van der Waals surface area contributed by atoms with Crippen LogP contribution in [0.4, 0.5) is 16.2 Å². The summed E-state index contributed by atoms with van der Waals surface area (Å²) in [4.78, 5) is 39.2. The number of nitrogens with zero attached hydrogens (tertiary/aromatic N) is 5. The van der Waals surface area contributed by atoms with E-state index in [0.29, 0.717) is 50.8 Å². The maximum atomic E-state index is 14.5. The summed E-state index contributed by atoms with van der Waals surface area (Å²) in [7, 11) is 5.72. The second kappa shape index (κ2) is 13.1. The van der Waals surface area contributed by atoms with E-state index >= 15 is 0 Å². The highest BCUT2D eigenvalue weighted by Crippen LogP contribution is 2.56. The first-order valence-corrected chi connectivity index (χ1v) is 16.6. The molecule has 4 heterocycles. The molecule has 2 N–H and O–H groups in total. The van der Waals surface area contributed by atoms with Gasteiger partial charge >= 0.3 is 6.03 Å². The summed E-state index contributed by atoms with van der Waals surface area (Å²) in [6.07, 6.45) is 0.751. The van der Waals surface area contributed by atoms with Crippen LogP contribution in [0.25, 0.3) is 10.8 Å². The number of urea groups is 1. The number of fused-ring (bicyclic) bond motifs is 1. The highest BCUT2D eigenvalue weighted by atomic mass is 16.5. The maximum Gasteiger partial charge on any atom is 0.328 e. The topological polar surface area (TPSA) is 94.8 Å². The summed E-state index contributed by atoms with van der Waals surface area (Å²) < 4.78 is 10.9. The second-order valence-corrected chi connectivity index (χ2v) is 12.8. The molecule has 3 amide bonds. The minimum atomic E-state index is -0.883. The number of imide groups is 1. The van der Waals surface area contributed by atoms with Crippen molar-refractivity contribution in [2.45, 2.75) is 38.4 Å². The molecule has 4 fully saturated rings. The molecule has 4 aliphatic heterocycles. The Morgan fingerprint density at radius 2 is 1.72 bits per heavy atom. The molecule has 7 rings (SSSR count). The summed E-state index contributed by atoms with van der Waals surface area (Å²) in [6.45, 7) is 9.96. The zero-order valence-corrected chi connectivity index (χ0v) is 27.9. The Hall–Kier alpha value is -3.86. The molecule has 1 spiro atoms. The van der Waals surface area contributed by atoms with Crippen molar-refractivity contribution in [2.24, 2.45) is 5.92 Å². The van der Waals surface area contributed by atoms with Gasteiger partial charge in [0.05, 0.1) is 32.1 Å². The normalized spacial score (nSPS) is 24.6. The van der Waals surface area contributed by atoms with Crippen LogP contribution in [0.2, 0.25) is 0 Å². The molecule has 3 atom stereocenters. The van der Waals surface area contributed by atoms with E-state index in [1.54, 1.807) is 12.0 Å². The van der Waals surface area contributed by atoms with Crippen LogP contribution in [0, 0.1) is 5.92 Å². The Morgan fingerprint density at radius 1 is 0.978 bits per heavy atom. The second-order valence-electron chi connectivity index (χ2n) is 12.8. The fourth-order valence-electron chi connectivity index (χ4n) is 8.07. The molecule has 4 saturated heterocycles. The van der Waals surface area contributed by atoms with Gasteiger partial charge in [0.2, 0.25) is 0 Å². The third-order valence-corrected chi connectivity index (χ3v) is 10.1. The van der Waals surface area contributed by atoms with E-state index < -0.39 is 5.54 Å². The van der Waals surface area contributed by atoms with Crippen LogP contribution in [0.1, 0.15) is 37.4 Å². The number of carbonyl (C=O) groups is 2. The van der Waals surface area contributed by atoms with E-state index in [1.165, 1.54) is 0 Å². The van der Waals surface area contributed by atoms with Crippen molar-refractivity contribution in [2.75, 3.05) is 84.3 Å². The van der Waals surface area contributed by atoms with Crippen molar-refractivity contribution >= 4 is 34.1 Å². The van der Waals surface area contributed by atoms with Crippen molar-refractivity contribution in [3.63, 3.8) is 0 Å². The first-order chi connectivity index (χ1) is 22.3. The van der Waals surface area contributed by atoms with Gasteiger partial charge in [-0.25, -0.2) is 4.79 Å². The largest absolute Gasteiger partial charge is 0.495 e. The molecule has 0 saturated carbocycles. The Balaban J connectivity index is 0.00000182. The number of methoxy groups -OCH3 is 1. The molecule has 10 nitrogen and oxygen atoms in total. The molecular formula is C36H48N6O4. The third-order valence-electron chi connectivity index (χ3n) is 10.1. The van der Waals surface area contributed by atoms with Crippen molar-refractivity contribution < 1.29 is 19.1 Å². The Kier molecular flexibility index (Phi) is 9.14. The van der Waals surface area contributed by atoms with Crippen LogP contribution >= 0.6 is 0 Å². The predicted molar refractivity (Wildman–Crippen MR) is 182 cm³/mol. The van der Waals surface area contributed by atoms with Crippen molar-refractivity contribution in [3.8, 4) is 5.75 Å². The smallest absolute Gasteiger partial charge is 0.328 e. The molecule has 10 heteroatoms. The summed E-state index contributed by atoms with van der Waals surface area (Å²) in [5, 5.41) is 2.29. The zero-order valence-electron chi connectivity index (χ0n) is 27.9. The fourth-order valence-corrected chi connectivity index (χ4v) is 8.07. The van der Waals surface area contributed by atoms with E-state index in [-0.39, 0.29) is 23.9 Å². The number of carbonyl (C=O) groups excluding carboxylic acids is 2. The number of nitrogen functional groups attached to an aromatic ring is 1. The summed E-state index contributed by atoms with van der Waals surface area (Å²) in [5.74, 6) is 0.633. The monoisotopic (exact) mass is 628 g/mol. The number of morpholine rings is 1. The molecule has 1 unspecified atom stereocenters. The Labute approximate surface area is 272 Å². The number of hydrogen-bond acceptors (Lipinski definition) is 8. The van der Waals surface area contributed by atoms with Crippen LogP contribution < -0.4 is 15.4 Å². The number of ether oxygens (including phenoxy) is 2. The van der Waals surface area contributed by atoms with Gasteiger partial charge in [0.25, 0.3) is 5.91 Å². The first-order valence-electron chi connectivity index (χ1n) is 16.6. The van der Waals surface area contributed by atoms with Crippen molar-refractivity contribution in [3.05, 3.63) is 65.7 Å². The molecule has 0 aromatic heterocycles. The molecule has 3 aromatic rings. The van der Waals surface area contributed by atoms with Gasteiger partial charge in [-0.05, 0) is 41.1 Å². The third kappa shape index (κ3) is 5.36. The van der Waals surface area contributed by atoms with Gasteiger partial charge < -0.3 is 25.0 Å². The van der Waals surface area contributed by atoms with Gasteiger partial charge in [-0.2, -0.15) is 0 Å². The lowest BCUT2D eigenvalue weighted by atomic mass is 9.87. The van der Waals surface area contributed by atoms with Gasteiger partial charge in [-0.1, -0.05) is 50.2 Å². The Bertz CT molecular complexity index is 1590. The first kappa shape index (κ1) is 32.1. The van der Waals surface area contributed by atoms with Crippen molar-refractivity contribution in [1.29, 1.82) is 0 Å². The minimum Gasteiger partial charge on any atom is -0.495 e. The minimum absolute atomic E-state index is 0.0280. The van der Waals surface area contributed by atoms with Gasteiger partial charge in [0.1, 0.15) is 11.3 Å². The van der Waals surface area contributed by atoms with Crippen LogP contribution in [0.15, 0.2) is 54.6 Å². The average Bonchev–Trinajstić information content (AvgIpc) is 3.64. The lowest BCUT2D eigenvalue weighted by molar-refractivity contribution is -0.133. The van der Waals surface area contributed by atoms with Crippen molar-refractivity contribution in [1.82, 2.24) is 19.6 Å². The quantitative estimate of drug-likeness (QED) is 0.289. The fraction of sp³-hybridized carbons (Fsp3) is 0.500.